The topological polar surface area (TPSA) is 42.0 Å². The molecule has 0 N–H and O–H groups in total. The van der Waals surface area contributed by atoms with Gasteiger partial charge in [0.25, 0.3) is 0 Å². The van der Waals surface area contributed by atoms with Crippen molar-refractivity contribution in [3.8, 4) is 22.6 Å². The third-order valence-electron chi connectivity index (χ3n) is 10.3. The van der Waals surface area contributed by atoms with Crippen LogP contribution in [-0.2, 0) is 0 Å². The minimum Gasteiger partial charge on any atom is -0.494 e. The molecule has 5 aromatic rings. The van der Waals surface area contributed by atoms with E-state index < -0.39 is 0 Å². The zero-order chi connectivity index (χ0) is 38.2. The number of rotatable bonds is 22. The second kappa shape index (κ2) is 20.8. The molecule has 0 unspecified atom stereocenters. The Morgan fingerprint density at radius 1 is 0.527 bits per heavy atom. The van der Waals surface area contributed by atoms with E-state index in [1.807, 2.05) is 12.1 Å². The molecule has 55 heavy (non-hydrogen) atoms. The standard InChI is InChI=1S/C49H58N2O3S/c1-4-7-10-13-32-50-46-30-16-38(37-52)35-48(46)55-49-36-40(19-31-47(49)50)39-17-20-41(21-18-39)51(42-22-26-44(27-23-42)53-33-14-11-8-5-2)43-24-28-45(29-25-43)54-34-15-12-9-6-3/h16-31,35-37H,4-15,32-34H2,1-3H3. The summed E-state index contributed by atoms with van der Waals surface area (Å²) in [5.41, 5.74) is 8.68. The molecular weight excluding hydrogens is 697 g/mol. The number of hydrogen-bond acceptors (Lipinski definition) is 6. The Labute approximate surface area is 334 Å². The monoisotopic (exact) mass is 754 g/mol. The molecule has 0 radical (unpaired) electrons. The van der Waals surface area contributed by atoms with Crippen molar-refractivity contribution in [3.63, 3.8) is 0 Å². The molecule has 1 aliphatic heterocycles. The molecular formula is C49H58N2O3S. The highest BCUT2D eigenvalue weighted by Gasteiger charge is 2.24. The molecule has 6 heteroatoms. The molecule has 5 nitrogen and oxygen atoms in total. The van der Waals surface area contributed by atoms with Gasteiger partial charge in [-0.05, 0) is 121 Å². The lowest BCUT2D eigenvalue weighted by Gasteiger charge is -2.33. The van der Waals surface area contributed by atoms with Gasteiger partial charge in [-0.3, -0.25) is 4.79 Å². The second-order valence-corrected chi connectivity index (χ2v) is 15.6. The van der Waals surface area contributed by atoms with Crippen molar-refractivity contribution in [1.82, 2.24) is 0 Å². The van der Waals surface area contributed by atoms with Crippen LogP contribution in [0.2, 0.25) is 0 Å². The van der Waals surface area contributed by atoms with Crippen molar-refractivity contribution in [1.29, 1.82) is 0 Å². The van der Waals surface area contributed by atoms with E-state index in [0.717, 1.165) is 84.3 Å². The molecule has 0 spiro atoms. The van der Waals surface area contributed by atoms with Crippen LogP contribution in [0.4, 0.5) is 28.4 Å². The van der Waals surface area contributed by atoms with Crippen LogP contribution >= 0.6 is 11.8 Å². The highest BCUT2D eigenvalue weighted by molar-refractivity contribution is 7.99. The average Bonchev–Trinajstić information content (AvgIpc) is 3.23. The van der Waals surface area contributed by atoms with Crippen molar-refractivity contribution in [2.75, 3.05) is 29.6 Å². The molecule has 6 rings (SSSR count). The maximum Gasteiger partial charge on any atom is 0.150 e. The smallest absolute Gasteiger partial charge is 0.150 e. The Balaban J connectivity index is 1.24. The van der Waals surface area contributed by atoms with E-state index in [1.165, 1.54) is 79.6 Å². The van der Waals surface area contributed by atoms with Crippen LogP contribution in [0, 0.1) is 0 Å². The maximum atomic E-state index is 11.7. The van der Waals surface area contributed by atoms with Crippen LogP contribution in [0.15, 0.2) is 119 Å². The summed E-state index contributed by atoms with van der Waals surface area (Å²) in [5, 5.41) is 0. The summed E-state index contributed by atoms with van der Waals surface area (Å²) in [4.78, 5) is 18.8. The molecule has 0 saturated heterocycles. The second-order valence-electron chi connectivity index (χ2n) is 14.5. The summed E-state index contributed by atoms with van der Waals surface area (Å²) in [6.07, 6.45) is 15.3. The van der Waals surface area contributed by atoms with Gasteiger partial charge in [0.1, 0.15) is 17.8 Å². The fourth-order valence-corrected chi connectivity index (χ4v) is 8.35. The van der Waals surface area contributed by atoms with Gasteiger partial charge in [0.15, 0.2) is 0 Å². The van der Waals surface area contributed by atoms with Crippen molar-refractivity contribution in [2.45, 2.75) is 108 Å². The van der Waals surface area contributed by atoms with Crippen LogP contribution < -0.4 is 19.3 Å². The number of fused-ring (bicyclic) bond motifs is 2. The zero-order valence-electron chi connectivity index (χ0n) is 33.1. The van der Waals surface area contributed by atoms with E-state index in [9.17, 15) is 4.79 Å². The number of anilines is 5. The van der Waals surface area contributed by atoms with Gasteiger partial charge < -0.3 is 19.3 Å². The van der Waals surface area contributed by atoms with Crippen molar-refractivity contribution in [2.24, 2.45) is 0 Å². The Bertz CT molecular complexity index is 1870. The molecule has 1 aliphatic rings. The number of aldehydes is 1. The van der Waals surface area contributed by atoms with E-state index in [0.29, 0.717) is 5.56 Å². The van der Waals surface area contributed by atoms with Crippen LogP contribution in [0.1, 0.15) is 108 Å². The predicted molar refractivity (Wildman–Crippen MR) is 233 cm³/mol. The molecule has 0 amide bonds. The largest absolute Gasteiger partial charge is 0.494 e. The Hall–Kier alpha value is -4.68. The van der Waals surface area contributed by atoms with Gasteiger partial charge in [-0.1, -0.05) is 109 Å². The first-order chi connectivity index (χ1) is 27.1. The third-order valence-corrected chi connectivity index (χ3v) is 11.4. The third kappa shape index (κ3) is 10.8. The number of unbranched alkanes of at least 4 members (excludes halogenated alkanes) is 9. The van der Waals surface area contributed by atoms with E-state index in [2.05, 4.69) is 128 Å². The molecule has 0 atom stereocenters. The van der Waals surface area contributed by atoms with Crippen molar-refractivity contribution < 1.29 is 14.3 Å². The maximum absolute atomic E-state index is 11.7. The number of benzene rings is 5. The van der Waals surface area contributed by atoms with Crippen LogP contribution in [0.3, 0.4) is 0 Å². The molecule has 0 aliphatic carbocycles. The fraction of sp³-hybridized carbons (Fsp3) is 0.367. The summed E-state index contributed by atoms with van der Waals surface area (Å²) in [5.74, 6) is 1.80. The molecule has 288 valence electrons. The van der Waals surface area contributed by atoms with E-state index in [4.69, 9.17) is 9.47 Å². The van der Waals surface area contributed by atoms with Gasteiger partial charge in [-0.2, -0.15) is 0 Å². The molecule has 0 saturated carbocycles. The SMILES string of the molecule is CCCCCCOc1ccc(N(c2ccc(OCCCCCC)cc2)c2ccc(-c3ccc4c(c3)Sc3cc(C=O)ccc3N4CCCCCC)cc2)cc1. The highest BCUT2D eigenvalue weighted by atomic mass is 32.2. The first-order valence-corrected chi connectivity index (χ1v) is 21.5. The lowest BCUT2D eigenvalue weighted by molar-refractivity contribution is 0.112. The zero-order valence-corrected chi connectivity index (χ0v) is 33.9. The fourth-order valence-electron chi connectivity index (χ4n) is 7.16. The minimum atomic E-state index is 0.714. The Morgan fingerprint density at radius 3 is 1.53 bits per heavy atom. The molecule has 0 aromatic heterocycles. The molecule has 0 bridgehead atoms. The van der Waals surface area contributed by atoms with E-state index in [1.54, 1.807) is 11.8 Å². The molecule has 5 aromatic carbocycles. The van der Waals surface area contributed by atoms with Gasteiger partial charge in [0.2, 0.25) is 0 Å². The van der Waals surface area contributed by atoms with E-state index >= 15 is 0 Å². The van der Waals surface area contributed by atoms with Gasteiger partial charge in [-0.15, -0.1) is 0 Å². The number of carbonyl (C=O) groups is 1. The van der Waals surface area contributed by atoms with Crippen molar-refractivity contribution >= 4 is 46.5 Å². The first-order valence-electron chi connectivity index (χ1n) is 20.7. The number of ether oxygens (including phenoxy) is 2. The summed E-state index contributed by atoms with van der Waals surface area (Å²) in [7, 11) is 0. The molecule has 1 heterocycles. The summed E-state index contributed by atoms with van der Waals surface area (Å²) < 4.78 is 12.2. The predicted octanol–water partition coefficient (Wildman–Crippen LogP) is 14.7. The first kappa shape index (κ1) is 40.0. The minimum absolute atomic E-state index is 0.714. The van der Waals surface area contributed by atoms with Crippen LogP contribution in [0.25, 0.3) is 11.1 Å². The normalized spacial score (nSPS) is 11.9. The summed E-state index contributed by atoms with van der Waals surface area (Å²) in [6, 6.07) is 38.7. The number of nitrogens with zero attached hydrogens (tertiary/aromatic N) is 2. The summed E-state index contributed by atoms with van der Waals surface area (Å²) >= 11 is 1.76. The van der Waals surface area contributed by atoms with Gasteiger partial charge in [0, 0.05) is 39.0 Å². The van der Waals surface area contributed by atoms with Crippen LogP contribution in [0.5, 0.6) is 11.5 Å². The van der Waals surface area contributed by atoms with Crippen molar-refractivity contribution in [3.05, 3.63) is 115 Å². The van der Waals surface area contributed by atoms with Gasteiger partial charge in [0.05, 0.1) is 24.6 Å². The van der Waals surface area contributed by atoms with E-state index in [-0.39, 0.29) is 0 Å². The Morgan fingerprint density at radius 2 is 1.00 bits per heavy atom. The number of carbonyl (C=O) groups excluding carboxylic acids is 1. The van der Waals surface area contributed by atoms with Gasteiger partial charge >= 0.3 is 0 Å². The Kier molecular flexibility index (Phi) is 15.2. The van der Waals surface area contributed by atoms with Gasteiger partial charge in [-0.25, -0.2) is 0 Å². The quantitative estimate of drug-likeness (QED) is 0.0518. The van der Waals surface area contributed by atoms with Crippen LogP contribution in [-0.4, -0.2) is 26.0 Å². The lowest BCUT2D eigenvalue weighted by Crippen LogP contribution is -2.22. The summed E-state index contributed by atoms with van der Waals surface area (Å²) in [6.45, 7) is 9.17. The average molecular weight is 755 g/mol. The number of hydrogen-bond donors (Lipinski definition) is 0. The highest BCUT2D eigenvalue weighted by Crippen LogP contribution is 2.50. The lowest BCUT2D eigenvalue weighted by atomic mass is 10.0. The molecule has 0 fully saturated rings.